The van der Waals surface area contributed by atoms with Crippen molar-refractivity contribution in [2.75, 3.05) is 0 Å². The molecule has 0 saturated carbocycles. The van der Waals surface area contributed by atoms with Crippen LogP contribution < -0.4 is 0 Å². The highest BCUT2D eigenvalue weighted by atomic mass is 16.1. The predicted octanol–water partition coefficient (Wildman–Crippen LogP) is 2.90. The molecule has 0 N–H and O–H groups in total. The third kappa shape index (κ3) is 1.70. The zero-order valence-corrected chi connectivity index (χ0v) is 9.78. The van der Waals surface area contributed by atoms with Crippen molar-refractivity contribution in [3.8, 4) is 11.4 Å². The van der Waals surface area contributed by atoms with Crippen molar-refractivity contribution in [2.24, 2.45) is 0 Å². The molecule has 3 aromatic rings. The van der Waals surface area contributed by atoms with Gasteiger partial charge in [0.05, 0.1) is 17.6 Å². The van der Waals surface area contributed by atoms with Crippen LogP contribution in [0.3, 0.4) is 0 Å². The van der Waals surface area contributed by atoms with Crippen molar-refractivity contribution in [1.29, 1.82) is 0 Å². The summed E-state index contributed by atoms with van der Waals surface area (Å²) in [6.07, 6.45) is 0.903. The van der Waals surface area contributed by atoms with Gasteiger partial charge in [-0.2, -0.15) is 0 Å². The van der Waals surface area contributed by atoms with Gasteiger partial charge in [0, 0.05) is 5.56 Å². The van der Waals surface area contributed by atoms with Crippen LogP contribution in [0.15, 0.2) is 54.6 Å². The van der Waals surface area contributed by atoms with Crippen LogP contribution in [-0.2, 0) is 11.3 Å². The highest BCUT2D eigenvalue weighted by molar-refractivity contribution is 5.81. The minimum absolute atomic E-state index is 0.324. The molecule has 0 amide bonds. The van der Waals surface area contributed by atoms with Gasteiger partial charge in [0.2, 0.25) is 0 Å². The second-order valence-electron chi connectivity index (χ2n) is 4.07. The summed E-state index contributed by atoms with van der Waals surface area (Å²) in [5, 5.41) is 0. The van der Waals surface area contributed by atoms with Gasteiger partial charge in [-0.25, -0.2) is 4.98 Å². The van der Waals surface area contributed by atoms with E-state index in [2.05, 4.69) is 4.98 Å². The average Bonchev–Trinajstić information content (AvgIpc) is 2.80. The minimum atomic E-state index is 0.324. The maximum atomic E-state index is 10.9. The summed E-state index contributed by atoms with van der Waals surface area (Å²) in [6.45, 7) is 0.324. The normalized spacial score (nSPS) is 10.7. The van der Waals surface area contributed by atoms with E-state index >= 15 is 0 Å². The fraction of sp³-hybridized carbons (Fsp3) is 0.0667. The Balaban J connectivity index is 2.28. The van der Waals surface area contributed by atoms with E-state index in [9.17, 15) is 4.79 Å². The molecule has 0 aliphatic carbocycles. The Hall–Kier alpha value is -2.42. The van der Waals surface area contributed by atoms with Gasteiger partial charge in [-0.15, -0.1) is 0 Å². The number of fused-ring (bicyclic) bond motifs is 1. The van der Waals surface area contributed by atoms with E-state index in [1.807, 2.05) is 59.2 Å². The summed E-state index contributed by atoms with van der Waals surface area (Å²) in [4.78, 5) is 15.5. The van der Waals surface area contributed by atoms with Gasteiger partial charge in [0.25, 0.3) is 0 Å². The van der Waals surface area contributed by atoms with Crippen molar-refractivity contribution >= 4 is 17.3 Å². The highest BCUT2D eigenvalue weighted by Crippen LogP contribution is 2.24. The first kappa shape index (κ1) is 10.7. The van der Waals surface area contributed by atoms with Crippen LogP contribution in [0.2, 0.25) is 0 Å². The summed E-state index contributed by atoms with van der Waals surface area (Å²) < 4.78 is 1.94. The zero-order valence-electron chi connectivity index (χ0n) is 9.78. The zero-order chi connectivity index (χ0) is 12.4. The van der Waals surface area contributed by atoms with Crippen LogP contribution >= 0.6 is 0 Å². The maximum Gasteiger partial charge on any atom is 0.141 e. The van der Waals surface area contributed by atoms with Crippen LogP contribution in [0.5, 0.6) is 0 Å². The number of carbonyl (C=O) groups excluding carboxylic acids is 1. The van der Waals surface area contributed by atoms with Crippen LogP contribution in [0.1, 0.15) is 0 Å². The molecular formula is C15H12N2O. The molecule has 0 aliphatic rings. The summed E-state index contributed by atoms with van der Waals surface area (Å²) in [7, 11) is 0. The lowest BCUT2D eigenvalue weighted by atomic mass is 10.2. The third-order valence-electron chi connectivity index (χ3n) is 2.94. The predicted molar refractivity (Wildman–Crippen MR) is 71.2 cm³/mol. The quantitative estimate of drug-likeness (QED) is 0.655. The molecule has 0 aliphatic heterocycles. The number of nitrogens with zero attached hydrogens (tertiary/aromatic N) is 2. The van der Waals surface area contributed by atoms with Gasteiger partial charge < -0.3 is 9.36 Å². The standard InChI is InChI=1S/C15H12N2O/c18-11-10-17-14-9-5-4-8-13(14)16-15(17)12-6-2-1-3-7-12/h1-9,11H,10H2. The van der Waals surface area contributed by atoms with Crippen molar-refractivity contribution in [2.45, 2.75) is 6.54 Å². The number of hydrogen-bond donors (Lipinski definition) is 0. The van der Waals surface area contributed by atoms with E-state index in [1.54, 1.807) is 0 Å². The summed E-state index contributed by atoms with van der Waals surface area (Å²) >= 11 is 0. The smallest absolute Gasteiger partial charge is 0.141 e. The number of benzene rings is 2. The lowest BCUT2D eigenvalue weighted by molar-refractivity contribution is -0.108. The number of aldehydes is 1. The minimum Gasteiger partial charge on any atom is -0.317 e. The Bertz CT molecular complexity index is 686. The van der Waals surface area contributed by atoms with Gasteiger partial charge in [-0.1, -0.05) is 42.5 Å². The molecule has 2 aromatic carbocycles. The van der Waals surface area contributed by atoms with Crippen LogP contribution in [0.4, 0.5) is 0 Å². The molecule has 88 valence electrons. The molecule has 0 saturated heterocycles. The van der Waals surface area contributed by atoms with E-state index in [0.717, 1.165) is 28.7 Å². The van der Waals surface area contributed by atoms with Crippen molar-refractivity contribution in [3.63, 3.8) is 0 Å². The lowest BCUT2D eigenvalue weighted by Crippen LogP contribution is -2.01. The van der Waals surface area contributed by atoms with E-state index < -0.39 is 0 Å². The largest absolute Gasteiger partial charge is 0.317 e. The van der Waals surface area contributed by atoms with Gasteiger partial charge in [0.1, 0.15) is 12.1 Å². The summed E-state index contributed by atoms with van der Waals surface area (Å²) in [5.41, 5.74) is 2.93. The summed E-state index contributed by atoms with van der Waals surface area (Å²) in [6, 6.07) is 17.8. The second-order valence-corrected chi connectivity index (χ2v) is 4.07. The molecule has 1 aromatic heterocycles. The number of aromatic nitrogens is 2. The number of carbonyl (C=O) groups is 1. The molecule has 3 nitrogen and oxygen atoms in total. The Morgan fingerprint density at radius 1 is 1.00 bits per heavy atom. The van der Waals surface area contributed by atoms with Gasteiger partial charge >= 0.3 is 0 Å². The van der Waals surface area contributed by atoms with E-state index in [-0.39, 0.29) is 0 Å². The van der Waals surface area contributed by atoms with Gasteiger partial charge in [0.15, 0.2) is 0 Å². The Morgan fingerprint density at radius 3 is 2.50 bits per heavy atom. The molecule has 0 bridgehead atoms. The molecule has 3 heteroatoms. The van der Waals surface area contributed by atoms with Crippen molar-refractivity contribution in [1.82, 2.24) is 9.55 Å². The topological polar surface area (TPSA) is 34.9 Å². The molecule has 0 atom stereocenters. The second kappa shape index (κ2) is 4.45. The van der Waals surface area contributed by atoms with E-state index in [4.69, 9.17) is 0 Å². The first-order valence-electron chi connectivity index (χ1n) is 5.84. The van der Waals surface area contributed by atoms with E-state index in [0.29, 0.717) is 6.54 Å². The number of para-hydroxylation sites is 2. The van der Waals surface area contributed by atoms with Crippen LogP contribution in [0, 0.1) is 0 Å². The molecule has 1 heterocycles. The van der Waals surface area contributed by atoms with Gasteiger partial charge in [-0.05, 0) is 12.1 Å². The summed E-state index contributed by atoms with van der Waals surface area (Å²) in [5.74, 6) is 0.837. The van der Waals surface area contributed by atoms with Crippen molar-refractivity contribution < 1.29 is 4.79 Å². The molecule has 0 radical (unpaired) electrons. The monoisotopic (exact) mass is 236 g/mol. The Labute approximate surface area is 105 Å². The molecule has 18 heavy (non-hydrogen) atoms. The van der Waals surface area contributed by atoms with E-state index in [1.165, 1.54) is 0 Å². The Kier molecular flexibility index (Phi) is 2.65. The molecule has 3 rings (SSSR count). The Morgan fingerprint density at radius 2 is 1.72 bits per heavy atom. The number of rotatable bonds is 3. The van der Waals surface area contributed by atoms with Crippen LogP contribution in [-0.4, -0.2) is 15.8 Å². The first-order valence-corrected chi connectivity index (χ1v) is 5.84. The van der Waals surface area contributed by atoms with Crippen LogP contribution in [0.25, 0.3) is 22.4 Å². The first-order chi connectivity index (χ1) is 8.90. The van der Waals surface area contributed by atoms with Gasteiger partial charge in [-0.3, -0.25) is 0 Å². The molecule has 0 unspecified atom stereocenters. The SMILES string of the molecule is O=CCn1c(-c2ccccc2)nc2ccccc21. The lowest BCUT2D eigenvalue weighted by Gasteiger charge is -2.04. The molecular weight excluding hydrogens is 224 g/mol. The third-order valence-corrected chi connectivity index (χ3v) is 2.94. The highest BCUT2D eigenvalue weighted by Gasteiger charge is 2.10. The maximum absolute atomic E-state index is 10.9. The molecule has 0 fully saturated rings. The van der Waals surface area contributed by atoms with Crippen molar-refractivity contribution in [3.05, 3.63) is 54.6 Å². The molecule has 0 spiro atoms. The number of imidazole rings is 1. The fourth-order valence-electron chi connectivity index (χ4n) is 2.14. The fourth-order valence-corrected chi connectivity index (χ4v) is 2.14. The number of hydrogen-bond acceptors (Lipinski definition) is 2. The average molecular weight is 236 g/mol.